The number of nitrogens with one attached hydrogen (secondary N) is 1. The number of aromatic nitrogens is 3. The highest BCUT2D eigenvalue weighted by atomic mass is 19.3. The van der Waals surface area contributed by atoms with Crippen LogP contribution in [0.4, 0.5) is 24.7 Å². The minimum atomic E-state index is -2.87. The summed E-state index contributed by atoms with van der Waals surface area (Å²) < 4.78 is 48.4. The summed E-state index contributed by atoms with van der Waals surface area (Å²) in [6, 6.07) is 9.66. The minimum absolute atomic E-state index is 0.164. The summed E-state index contributed by atoms with van der Waals surface area (Å²) >= 11 is 0. The molecular weight excluding hydrogens is 431 g/mol. The number of ether oxygens (including phenoxy) is 1. The number of fused-ring (bicyclic) bond motifs is 3. The molecule has 1 unspecified atom stereocenters. The maximum Gasteiger partial charge on any atom is 0.266 e. The Balaban J connectivity index is 1.39. The zero-order valence-electron chi connectivity index (χ0n) is 17.9. The van der Waals surface area contributed by atoms with Crippen molar-refractivity contribution in [3.05, 3.63) is 65.7 Å². The van der Waals surface area contributed by atoms with Gasteiger partial charge in [0.1, 0.15) is 11.6 Å². The van der Waals surface area contributed by atoms with Gasteiger partial charge in [-0.15, -0.1) is 0 Å². The van der Waals surface area contributed by atoms with Gasteiger partial charge in [0.25, 0.3) is 6.43 Å². The predicted octanol–water partition coefficient (Wildman–Crippen LogP) is 4.97. The van der Waals surface area contributed by atoms with E-state index in [-0.39, 0.29) is 11.0 Å². The second kappa shape index (κ2) is 7.34. The first-order chi connectivity index (χ1) is 15.9. The molecule has 4 aromatic rings. The standard InChI is InChI=1S/C24H22F3N5O/c1-14(16-3-2-4-17(20(16)25)21(26)27)29-22-18-9-15(31-10-24(11-31)12-33-13-24)5-6-19(18)32-8-7-28-23(32)30-22/h2-9,14,21H,10-13H2,1H3,(H,28,29,30). The summed E-state index contributed by atoms with van der Waals surface area (Å²) in [7, 11) is 0. The van der Waals surface area contributed by atoms with Crippen LogP contribution in [0, 0.1) is 11.2 Å². The number of nitrogens with zero attached hydrogens (tertiary/aromatic N) is 4. The van der Waals surface area contributed by atoms with E-state index in [1.807, 2.05) is 16.7 Å². The van der Waals surface area contributed by atoms with E-state index < -0.39 is 23.8 Å². The molecule has 0 bridgehead atoms. The van der Waals surface area contributed by atoms with Gasteiger partial charge in [0.15, 0.2) is 0 Å². The zero-order valence-corrected chi connectivity index (χ0v) is 17.9. The third kappa shape index (κ3) is 3.21. The second-order valence-electron chi connectivity index (χ2n) is 9.03. The second-order valence-corrected chi connectivity index (χ2v) is 9.03. The lowest BCUT2D eigenvalue weighted by molar-refractivity contribution is -0.127. The fourth-order valence-electron chi connectivity index (χ4n) is 4.83. The first kappa shape index (κ1) is 20.3. The highest BCUT2D eigenvalue weighted by Gasteiger charge is 2.49. The number of rotatable bonds is 5. The number of halogens is 3. The van der Waals surface area contributed by atoms with Crippen LogP contribution in [0.3, 0.4) is 0 Å². The molecule has 33 heavy (non-hydrogen) atoms. The van der Waals surface area contributed by atoms with Gasteiger partial charge in [-0.1, -0.05) is 18.2 Å². The van der Waals surface area contributed by atoms with Crippen molar-refractivity contribution in [3.8, 4) is 0 Å². The number of imidazole rings is 1. The van der Waals surface area contributed by atoms with Gasteiger partial charge in [-0.25, -0.2) is 18.2 Å². The maximum absolute atomic E-state index is 14.8. The van der Waals surface area contributed by atoms with E-state index in [0.717, 1.165) is 49.0 Å². The van der Waals surface area contributed by atoms with Gasteiger partial charge in [-0.2, -0.15) is 4.98 Å². The fourth-order valence-corrected chi connectivity index (χ4v) is 4.83. The van der Waals surface area contributed by atoms with Crippen LogP contribution in [0.15, 0.2) is 48.8 Å². The van der Waals surface area contributed by atoms with E-state index in [1.165, 1.54) is 12.1 Å². The molecule has 2 fully saturated rings. The first-order valence-corrected chi connectivity index (χ1v) is 10.9. The summed E-state index contributed by atoms with van der Waals surface area (Å²) in [5.41, 5.74) is 1.82. The monoisotopic (exact) mass is 453 g/mol. The van der Waals surface area contributed by atoms with Gasteiger partial charge in [0.05, 0.1) is 35.8 Å². The lowest BCUT2D eigenvalue weighted by atomic mass is 9.78. The zero-order chi connectivity index (χ0) is 22.7. The van der Waals surface area contributed by atoms with Gasteiger partial charge in [-0.3, -0.25) is 4.40 Å². The average Bonchev–Trinajstić information content (AvgIpc) is 3.20. The molecule has 4 heterocycles. The summed E-state index contributed by atoms with van der Waals surface area (Å²) in [6.45, 7) is 5.24. The van der Waals surface area contributed by atoms with Crippen LogP contribution in [0.2, 0.25) is 0 Å². The maximum atomic E-state index is 14.8. The normalized spacial score (nSPS) is 18.0. The van der Waals surface area contributed by atoms with Crippen molar-refractivity contribution in [3.63, 3.8) is 0 Å². The highest BCUT2D eigenvalue weighted by molar-refractivity contribution is 5.94. The molecule has 1 N–H and O–H groups in total. The topological polar surface area (TPSA) is 54.7 Å². The Morgan fingerprint density at radius 3 is 2.64 bits per heavy atom. The Labute approximate surface area is 188 Å². The Hall–Kier alpha value is -3.33. The molecule has 0 amide bonds. The fraction of sp³-hybridized carbons (Fsp3) is 0.333. The van der Waals surface area contributed by atoms with Crippen molar-refractivity contribution < 1.29 is 17.9 Å². The lowest BCUT2D eigenvalue weighted by Crippen LogP contribution is -2.66. The molecule has 1 atom stereocenters. The van der Waals surface area contributed by atoms with E-state index in [2.05, 4.69) is 32.3 Å². The molecule has 2 aliphatic rings. The molecule has 0 saturated carbocycles. The Bertz CT molecular complexity index is 1360. The van der Waals surface area contributed by atoms with E-state index >= 15 is 0 Å². The SMILES string of the molecule is CC(Nc1nc2nccn2c2ccc(N3CC4(COC4)C3)cc12)c1cccc(C(F)F)c1F. The van der Waals surface area contributed by atoms with Crippen LogP contribution < -0.4 is 10.2 Å². The Morgan fingerprint density at radius 2 is 1.91 bits per heavy atom. The number of alkyl halides is 2. The summed E-state index contributed by atoms with van der Waals surface area (Å²) in [6.07, 6.45) is 0.638. The predicted molar refractivity (Wildman–Crippen MR) is 119 cm³/mol. The Morgan fingerprint density at radius 1 is 1.12 bits per heavy atom. The molecule has 2 aromatic carbocycles. The van der Waals surface area contributed by atoms with Gasteiger partial charge < -0.3 is 15.0 Å². The molecule has 2 saturated heterocycles. The molecule has 0 aliphatic carbocycles. The van der Waals surface area contributed by atoms with Crippen LogP contribution in [0.1, 0.15) is 30.5 Å². The summed E-state index contributed by atoms with van der Waals surface area (Å²) in [5, 5.41) is 4.09. The van der Waals surface area contributed by atoms with E-state index in [4.69, 9.17) is 4.74 Å². The van der Waals surface area contributed by atoms with Crippen LogP contribution >= 0.6 is 0 Å². The molecule has 2 aromatic heterocycles. The molecule has 6 nitrogen and oxygen atoms in total. The van der Waals surface area contributed by atoms with Crippen molar-refractivity contribution >= 4 is 28.2 Å². The summed E-state index contributed by atoms with van der Waals surface area (Å²) in [4.78, 5) is 11.3. The Kier molecular flexibility index (Phi) is 4.52. The first-order valence-electron chi connectivity index (χ1n) is 10.9. The van der Waals surface area contributed by atoms with Crippen LogP contribution in [0.25, 0.3) is 16.7 Å². The number of hydrogen-bond donors (Lipinski definition) is 1. The summed E-state index contributed by atoms with van der Waals surface area (Å²) in [5.74, 6) is 0.136. The van der Waals surface area contributed by atoms with Gasteiger partial charge in [-0.05, 0) is 25.1 Å². The van der Waals surface area contributed by atoms with Gasteiger partial charge in [0, 0.05) is 42.1 Å². The molecule has 1 spiro atoms. The average molecular weight is 453 g/mol. The van der Waals surface area contributed by atoms with Crippen LogP contribution in [-0.2, 0) is 4.74 Å². The lowest BCUT2D eigenvalue weighted by Gasteiger charge is -2.56. The van der Waals surface area contributed by atoms with Crippen molar-refractivity contribution in [1.29, 1.82) is 0 Å². The molecular formula is C24H22F3N5O. The van der Waals surface area contributed by atoms with Crippen LogP contribution in [-0.4, -0.2) is 40.7 Å². The van der Waals surface area contributed by atoms with Crippen molar-refractivity contribution in [1.82, 2.24) is 14.4 Å². The largest absolute Gasteiger partial charge is 0.380 e. The highest BCUT2D eigenvalue weighted by Crippen LogP contribution is 2.41. The van der Waals surface area contributed by atoms with Crippen LogP contribution in [0.5, 0.6) is 0 Å². The van der Waals surface area contributed by atoms with Gasteiger partial charge >= 0.3 is 0 Å². The van der Waals surface area contributed by atoms with Crippen molar-refractivity contribution in [2.45, 2.75) is 19.4 Å². The van der Waals surface area contributed by atoms with Gasteiger partial charge in [0.2, 0.25) is 5.78 Å². The molecule has 0 radical (unpaired) electrons. The third-order valence-corrected chi connectivity index (χ3v) is 6.68. The number of anilines is 2. The molecule has 9 heteroatoms. The smallest absolute Gasteiger partial charge is 0.266 e. The third-order valence-electron chi connectivity index (χ3n) is 6.68. The number of benzene rings is 2. The van der Waals surface area contributed by atoms with E-state index in [0.29, 0.717) is 11.6 Å². The van der Waals surface area contributed by atoms with Crippen molar-refractivity contribution in [2.75, 3.05) is 36.5 Å². The van der Waals surface area contributed by atoms with E-state index in [1.54, 1.807) is 13.1 Å². The molecule has 6 rings (SSSR count). The van der Waals surface area contributed by atoms with E-state index in [9.17, 15) is 13.2 Å². The van der Waals surface area contributed by atoms with Crippen molar-refractivity contribution in [2.24, 2.45) is 5.41 Å². The number of hydrogen-bond acceptors (Lipinski definition) is 5. The molecule has 2 aliphatic heterocycles. The minimum Gasteiger partial charge on any atom is -0.380 e. The quantitative estimate of drug-likeness (QED) is 0.463. The molecule has 170 valence electrons.